The number of hydrogen-bond acceptors (Lipinski definition) is 9. The zero-order valence-electron chi connectivity index (χ0n) is 20.9. The Hall–Kier alpha value is -3.00. The smallest absolute Gasteiger partial charge is 0.253 e. The number of sulfonamides is 1. The van der Waals surface area contributed by atoms with Gasteiger partial charge in [0.15, 0.2) is 6.29 Å². The number of aromatic nitrogens is 1. The van der Waals surface area contributed by atoms with Crippen LogP contribution < -0.4 is 4.90 Å². The van der Waals surface area contributed by atoms with E-state index in [1.165, 1.54) is 20.3 Å². The lowest BCUT2D eigenvalue weighted by molar-refractivity contribution is -0.125. The predicted molar refractivity (Wildman–Crippen MR) is 147 cm³/mol. The summed E-state index contributed by atoms with van der Waals surface area (Å²) < 4.78 is 39.5. The summed E-state index contributed by atoms with van der Waals surface area (Å²) >= 11 is 2.60. The second-order valence-electron chi connectivity index (χ2n) is 8.73. The number of anilines is 1. The molecular formula is C26H25N3O6S3. The monoisotopic (exact) mass is 571 g/mol. The van der Waals surface area contributed by atoms with Crippen LogP contribution in [0.1, 0.15) is 12.0 Å². The van der Waals surface area contributed by atoms with Crippen LogP contribution in [0.5, 0.6) is 0 Å². The Morgan fingerprint density at radius 2 is 1.84 bits per heavy atom. The first-order valence-electron chi connectivity index (χ1n) is 11.7. The summed E-state index contributed by atoms with van der Waals surface area (Å²) in [5, 5.41) is 2.46. The first-order valence-corrected chi connectivity index (χ1v) is 14.8. The summed E-state index contributed by atoms with van der Waals surface area (Å²) in [6.45, 7) is 1.78. The molecule has 0 spiro atoms. The number of imide groups is 1. The van der Waals surface area contributed by atoms with Crippen LogP contribution in [-0.2, 0) is 29.1 Å². The van der Waals surface area contributed by atoms with Crippen LogP contribution in [-0.4, -0.2) is 62.6 Å². The lowest BCUT2D eigenvalue weighted by atomic mass is 10.2. The fraction of sp³-hybridized carbons (Fsp3) is 0.269. The molecule has 2 amide bonds. The van der Waals surface area contributed by atoms with Gasteiger partial charge in [0.25, 0.3) is 15.9 Å². The molecular weight excluding hydrogens is 547 g/mol. The van der Waals surface area contributed by atoms with Gasteiger partial charge >= 0.3 is 0 Å². The van der Waals surface area contributed by atoms with E-state index in [2.05, 4.69) is 11.1 Å². The number of benzene rings is 2. The van der Waals surface area contributed by atoms with Crippen molar-refractivity contribution in [2.45, 2.75) is 29.9 Å². The topological polar surface area (TPSA) is 106 Å². The second-order valence-corrected chi connectivity index (χ2v) is 12.8. The zero-order chi connectivity index (χ0) is 27.0. The predicted octanol–water partition coefficient (Wildman–Crippen LogP) is 4.27. The van der Waals surface area contributed by atoms with Crippen molar-refractivity contribution >= 4 is 60.4 Å². The van der Waals surface area contributed by atoms with Crippen LogP contribution in [0.3, 0.4) is 0 Å². The molecule has 1 unspecified atom stereocenters. The van der Waals surface area contributed by atoms with E-state index in [4.69, 9.17) is 9.47 Å². The summed E-state index contributed by atoms with van der Waals surface area (Å²) in [4.78, 5) is 32.3. The Bertz CT molecular complexity index is 1580. The van der Waals surface area contributed by atoms with Gasteiger partial charge in [-0.2, -0.15) is 4.31 Å². The van der Waals surface area contributed by atoms with Gasteiger partial charge in [0.05, 0.1) is 28.9 Å². The fourth-order valence-corrected chi connectivity index (χ4v) is 8.09. The van der Waals surface area contributed by atoms with Crippen molar-refractivity contribution < 1.29 is 27.5 Å². The van der Waals surface area contributed by atoms with Crippen molar-refractivity contribution in [1.29, 1.82) is 0 Å². The number of carbonyl (C=O) groups is 2. The van der Waals surface area contributed by atoms with Crippen LogP contribution in [0.4, 0.5) is 5.69 Å². The standard InChI is InChI=1S/C26H25N3O6S3/c1-16-6-11-19-21(13-16)37-25(27-19)17-7-9-18(10-8-17)29-22(30)14-20(26(29)31)28(15-23(34-2)35-3)38(32,33)24-5-4-12-36-24/h4-13,20,23H,14-15H2,1-3H3. The Labute approximate surface area is 228 Å². The summed E-state index contributed by atoms with van der Waals surface area (Å²) in [5.41, 5.74) is 3.28. The number of amides is 2. The van der Waals surface area contributed by atoms with E-state index in [0.717, 1.165) is 46.9 Å². The van der Waals surface area contributed by atoms with Gasteiger partial charge in [0.2, 0.25) is 5.91 Å². The number of carbonyl (C=O) groups excluding carboxylic acids is 2. The van der Waals surface area contributed by atoms with E-state index in [-0.39, 0.29) is 17.2 Å². The van der Waals surface area contributed by atoms with E-state index in [9.17, 15) is 18.0 Å². The van der Waals surface area contributed by atoms with E-state index < -0.39 is 34.2 Å². The molecule has 0 radical (unpaired) electrons. The molecule has 12 heteroatoms. The van der Waals surface area contributed by atoms with Gasteiger partial charge < -0.3 is 9.47 Å². The minimum Gasteiger partial charge on any atom is -0.354 e. The lowest BCUT2D eigenvalue weighted by Gasteiger charge is -2.28. The number of nitrogens with zero attached hydrogens (tertiary/aromatic N) is 3. The Morgan fingerprint density at radius 1 is 1.11 bits per heavy atom. The van der Waals surface area contributed by atoms with Crippen LogP contribution in [0, 0.1) is 6.92 Å². The van der Waals surface area contributed by atoms with Crippen molar-refractivity contribution in [1.82, 2.24) is 9.29 Å². The van der Waals surface area contributed by atoms with Gasteiger partial charge in [0, 0.05) is 19.8 Å². The zero-order valence-corrected chi connectivity index (χ0v) is 23.3. The number of thiazole rings is 1. The van der Waals surface area contributed by atoms with Crippen LogP contribution in [0.25, 0.3) is 20.8 Å². The van der Waals surface area contributed by atoms with Crippen molar-refractivity contribution in [3.63, 3.8) is 0 Å². The maximum atomic E-state index is 13.5. The summed E-state index contributed by atoms with van der Waals surface area (Å²) in [6, 6.07) is 14.9. The molecule has 38 heavy (non-hydrogen) atoms. The first-order chi connectivity index (χ1) is 18.2. The van der Waals surface area contributed by atoms with Gasteiger partial charge in [-0.05, 0) is 60.3 Å². The number of thiophene rings is 1. The van der Waals surface area contributed by atoms with Gasteiger partial charge in [-0.3, -0.25) is 9.59 Å². The average Bonchev–Trinajstić information content (AvgIpc) is 3.64. The highest BCUT2D eigenvalue weighted by molar-refractivity contribution is 7.91. The molecule has 2 aromatic carbocycles. The van der Waals surface area contributed by atoms with Gasteiger partial charge in [0.1, 0.15) is 15.3 Å². The normalized spacial score (nSPS) is 16.4. The molecule has 0 saturated carbocycles. The van der Waals surface area contributed by atoms with Crippen molar-refractivity contribution in [3.05, 3.63) is 65.5 Å². The minimum absolute atomic E-state index is 0.0672. The van der Waals surface area contributed by atoms with E-state index >= 15 is 0 Å². The molecule has 198 valence electrons. The van der Waals surface area contributed by atoms with Crippen molar-refractivity contribution in [3.8, 4) is 10.6 Å². The van der Waals surface area contributed by atoms with Crippen molar-refractivity contribution in [2.24, 2.45) is 0 Å². The molecule has 0 bridgehead atoms. The molecule has 1 atom stereocenters. The summed E-state index contributed by atoms with van der Waals surface area (Å²) in [7, 11) is -1.33. The number of methoxy groups -OCH3 is 2. The van der Waals surface area contributed by atoms with Crippen LogP contribution >= 0.6 is 22.7 Å². The molecule has 2 aromatic heterocycles. The number of fused-ring (bicyclic) bond motifs is 1. The number of ether oxygens (including phenoxy) is 2. The quantitative estimate of drug-likeness (QED) is 0.218. The molecule has 3 heterocycles. The minimum atomic E-state index is -4.09. The second kappa shape index (κ2) is 10.6. The van der Waals surface area contributed by atoms with Crippen molar-refractivity contribution in [2.75, 3.05) is 25.7 Å². The maximum absolute atomic E-state index is 13.5. The third-order valence-electron chi connectivity index (χ3n) is 6.30. The highest BCUT2D eigenvalue weighted by atomic mass is 32.2. The Kier molecular flexibility index (Phi) is 7.45. The molecule has 0 aliphatic carbocycles. The van der Waals surface area contributed by atoms with E-state index in [1.807, 2.05) is 19.1 Å². The highest BCUT2D eigenvalue weighted by Crippen LogP contribution is 2.34. The fourth-order valence-electron chi connectivity index (χ4n) is 4.33. The Morgan fingerprint density at radius 3 is 2.50 bits per heavy atom. The number of aryl methyl sites for hydroxylation is 1. The molecule has 1 saturated heterocycles. The summed E-state index contributed by atoms with van der Waals surface area (Å²) in [6.07, 6.45) is -1.21. The van der Waals surface area contributed by atoms with Crippen LogP contribution in [0.2, 0.25) is 0 Å². The molecule has 4 aromatic rings. The summed E-state index contributed by atoms with van der Waals surface area (Å²) in [5.74, 6) is -1.11. The molecule has 1 aliphatic heterocycles. The van der Waals surface area contributed by atoms with E-state index in [0.29, 0.717) is 5.69 Å². The van der Waals surface area contributed by atoms with Gasteiger partial charge in [-0.1, -0.05) is 12.1 Å². The molecule has 9 nitrogen and oxygen atoms in total. The average molecular weight is 572 g/mol. The molecule has 0 N–H and O–H groups in total. The maximum Gasteiger partial charge on any atom is 0.253 e. The Balaban J connectivity index is 1.43. The SMILES string of the molecule is COC(CN(C1CC(=O)N(c2ccc(-c3nc4ccc(C)cc4s3)cc2)C1=O)S(=O)(=O)c1cccs1)OC. The number of hydrogen-bond donors (Lipinski definition) is 0. The molecule has 1 aliphatic rings. The highest BCUT2D eigenvalue weighted by Gasteiger charge is 2.48. The lowest BCUT2D eigenvalue weighted by Crippen LogP contribution is -2.48. The van der Waals surface area contributed by atoms with E-state index in [1.54, 1.807) is 47.0 Å². The van der Waals surface area contributed by atoms with Crippen LogP contribution in [0.15, 0.2) is 64.2 Å². The van der Waals surface area contributed by atoms with Gasteiger partial charge in [-0.15, -0.1) is 22.7 Å². The molecule has 1 fully saturated rings. The largest absolute Gasteiger partial charge is 0.354 e. The number of rotatable bonds is 9. The third kappa shape index (κ3) is 4.91. The third-order valence-corrected chi connectivity index (χ3v) is 10.6. The molecule has 5 rings (SSSR count). The van der Waals surface area contributed by atoms with Gasteiger partial charge in [-0.25, -0.2) is 18.3 Å². The first kappa shape index (κ1) is 26.6.